The van der Waals surface area contributed by atoms with Crippen LogP contribution in [0.2, 0.25) is 0 Å². The van der Waals surface area contributed by atoms with E-state index in [2.05, 4.69) is 5.32 Å². The van der Waals surface area contributed by atoms with Gasteiger partial charge in [0.2, 0.25) is 17.7 Å². The molecular weight excluding hydrogens is 282 g/mol. The average molecular weight is 305 g/mol. The van der Waals surface area contributed by atoms with Crippen molar-refractivity contribution >= 4 is 17.7 Å². The van der Waals surface area contributed by atoms with Crippen molar-refractivity contribution in [3.05, 3.63) is 35.9 Å². The molecule has 1 N–H and O–H groups in total. The van der Waals surface area contributed by atoms with Gasteiger partial charge in [0, 0.05) is 28.1 Å². The first-order valence-corrected chi connectivity index (χ1v) is 7.07. The normalized spacial score (nSPS) is 11.5. The number of hydrogen-bond acceptors (Lipinski definition) is 3. The molecule has 6 nitrogen and oxygen atoms in total. The molecule has 0 aliphatic heterocycles. The van der Waals surface area contributed by atoms with Gasteiger partial charge in [-0.3, -0.25) is 14.4 Å². The van der Waals surface area contributed by atoms with Crippen LogP contribution in [0.3, 0.4) is 0 Å². The lowest BCUT2D eigenvalue weighted by Crippen LogP contribution is -2.39. The first-order valence-electron chi connectivity index (χ1n) is 7.07. The minimum atomic E-state index is -0.400. The van der Waals surface area contributed by atoms with Crippen LogP contribution in [0.1, 0.15) is 24.9 Å². The van der Waals surface area contributed by atoms with Crippen molar-refractivity contribution in [1.82, 2.24) is 15.1 Å². The quantitative estimate of drug-likeness (QED) is 0.845. The summed E-state index contributed by atoms with van der Waals surface area (Å²) in [4.78, 5) is 38.1. The van der Waals surface area contributed by atoms with E-state index in [9.17, 15) is 14.4 Å². The van der Waals surface area contributed by atoms with Gasteiger partial charge in [0.05, 0.1) is 19.0 Å². The summed E-state index contributed by atoms with van der Waals surface area (Å²) in [6.45, 7) is 1.44. The second kappa shape index (κ2) is 8.17. The predicted molar refractivity (Wildman–Crippen MR) is 83.9 cm³/mol. The molecule has 0 unspecified atom stereocenters. The molecule has 0 saturated carbocycles. The Morgan fingerprint density at radius 3 is 2.14 bits per heavy atom. The van der Waals surface area contributed by atoms with Crippen molar-refractivity contribution in [2.24, 2.45) is 0 Å². The van der Waals surface area contributed by atoms with Gasteiger partial charge in [0.25, 0.3) is 0 Å². The summed E-state index contributed by atoms with van der Waals surface area (Å²) in [7, 11) is 4.87. The molecular formula is C16H23N3O3. The molecule has 3 amide bonds. The smallest absolute Gasteiger partial charge is 0.241 e. The number of carbonyl (C=O) groups is 3. The lowest BCUT2D eigenvalue weighted by molar-refractivity contribution is -0.138. The van der Waals surface area contributed by atoms with Gasteiger partial charge in [-0.2, -0.15) is 0 Å². The maximum absolute atomic E-state index is 12.3. The highest BCUT2D eigenvalue weighted by Crippen LogP contribution is 2.17. The highest BCUT2D eigenvalue weighted by Gasteiger charge is 2.21. The van der Waals surface area contributed by atoms with Gasteiger partial charge in [-0.1, -0.05) is 30.3 Å². The topological polar surface area (TPSA) is 69.7 Å². The number of nitrogens with zero attached hydrogens (tertiary/aromatic N) is 2. The molecule has 0 heterocycles. The van der Waals surface area contributed by atoms with Crippen molar-refractivity contribution in [2.45, 2.75) is 19.4 Å². The zero-order chi connectivity index (χ0) is 16.7. The molecule has 0 fully saturated rings. The van der Waals surface area contributed by atoms with Gasteiger partial charge in [-0.25, -0.2) is 0 Å². The molecule has 1 aromatic carbocycles. The Kier molecular flexibility index (Phi) is 6.56. The van der Waals surface area contributed by atoms with E-state index in [1.165, 1.54) is 16.7 Å². The summed E-state index contributed by atoms with van der Waals surface area (Å²) in [6, 6.07) is 8.90. The summed E-state index contributed by atoms with van der Waals surface area (Å²) < 4.78 is 0. The Morgan fingerprint density at radius 1 is 1.05 bits per heavy atom. The van der Waals surface area contributed by atoms with Crippen LogP contribution in [0.5, 0.6) is 0 Å². The molecule has 0 aliphatic rings. The van der Waals surface area contributed by atoms with E-state index in [4.69, 9.17) is 0 Å². The van der Waals surface area contributed by atoms with Gasteiger partial charge < -0.3 is 15.1 Å². The largest absolute Gasteiger partial charge is 0.349 e. The fourth-order valence-electron chi connectivity index (χ4n) is 1.95. The third-order valence-electron chi connectivity index (χ3n) is 3.26. The Morgan fingerprint density at radius 2 is 1.64 bits per heavy atom. The minimum absolute atomic E-state index is 0.0212. The minimum Gasteiger partial charge on any atom is -0.349 e. The van der Waals surface area contributed by atoms with E-state index in [0.717, 1.165) is 5.56 Å². The van der Waals surface area contributed by atoms with E-state index in [-0.39, 0.29) is 30.7 Å². The van der Waals surface area contributed by atoms with Gasteiger partial charge >= 0.3 is 0 Å². The van der Waals surface area contributed by atoms with Crippen molar-refractivity contribution in [3.63, 3.8) is 0 Å². The van der Waals surface area contributed by atoms with Crippen molar-refractivity contribution in [1.29, 1.82) is 0 Å². The second-order valence-corrected chi connectivity index (χ2v) is 5.41. The lowest BCUT2D eigenvalue weighted by Gasteiger charge is -2.23. The number of hydrogen-bond donors (Lipinski definition) is 1. The summed E-state index contributed by atoms with van der Waals surface area (Å²) in [6.07, 6.45) is 0.112. The summed E-state index contributed by atoms with van der Waals surface area (Å²) in [5.74, 6) is -0.543. The van der Waals surface area contributed by atoms with Crippen LogP contribution in [0, 0.1) is 0 Å². The second-order valence-electron chi connectivity index (χ2n) is 5.41. The third kappa shape index (κ3) is 5.55. The molecule has 6 heteroatoms. The molecule has 1 atom stereocenters. The number of benzene rings is 1. The lowest BCUT2D eigenvalue weighted by atomic mass is 10.0. The van der Waals surface area contributed by atoms with Crippen molar-refractivity contribution in [2.75, 3.05) is 27.7 Å². The van der Waals surface area contributed by atoms with Crippen LogP contribution >= 0.6 is 0 Å². The van der Waals surface area contributed by atoms with E-state index in [1.807, 2.05) is 30.3 Å². The Labute approximate surface area is 131 Å². The molecule has 22 heavy (non-hydrogen) atoms. The van der Waals surface area contributed by atoms with Crippen LogP contribution in [0.25, 0.3) is 0 Å². The third-order valence-corrected chi connectivity index (χ3v) is 3.26. The highest BCUT2D eigenvalue weighted by molar-refractivity contribution is 5.85. The molecule has 1 aromatic rings. The first kappa shape index (κ1) is 17.7. The summed E-state index contributed by atoms with van der Waals surface area (Å²) in [5, 5.41) is 2.78. The Hall–Kier alpha value is -2.37. The monoisotopic (exact) mass is 305 g/mol. The molecule has 0 saturated heterocycles. The van der Waals surface area contributed by atoms with Gasteiger partial charge in [-0.15, -0.1) is 0 Å². The van der Waals surface area contributed by atoms with E-state index in [0.29, 0.717) is 0 Å². The van der Waals surface area contributed by atoms with Crippen molar-refractivity contribution in [3.8, 4) is 0 Å². The zero-order valence-corrected chi connectivity index (χ0v) is 13.5. The maximum atomic E-state index is 12.3. The molecule has 0 radical (unpaired) electrons. The number of likely N-dealkylation sites (N-methyl/N-ethyl adjacent to an activating group) is 2. The molecule has 0 spiro atoms. The zero-order valence-electron chi connectivity index (χ0n) is 13.5. The van der Waals surface area contributed by atoms with E-state index < -0.39 is 6.04 Å². The Bertz CT molecular complexity index is 529. The number of rotatable bonds is 6. The average Bonchev–Trinajstić information content (AvgIpc) is 2.46. The van der Waals surface area contributed by atoms with E-state index in [1.54, 1.807) is 21.1 Å². The van der Waals surface area contributed by atoms with Crippen LogP contribution in [0.4, 0.5) is 0 Å². The summed E-state index contributed by atoms with van der Waals surface area (Å²) >= 11 is 0. The number of amides is 3. The van der Waals surface area contributed by atoms with Gasteiger partial charge in [0.1, 0.15) is 0 Å². The van der Waals surface area contributed by atoms with Crippen LogP contribution in [0.15, 0.2) is 30.3 Å². The Balaban J connectivity index is 2.75. The summed E-state index contributed by atoms with van der Waals surface area (Å²) in [5.41, 5.74) is 0.860. The highest BCUT2D eigenvalue weighted by atomic mass is 16.2. The van der Waals surface area contributed by atoms with Crippen molar-refractivity contribution < 1.29 is 14.4 Å². The van der Waals surface area contributed by atoms with Gasteiger partial charge in [-0.05, 0) is 5.56 Å². The number of nitrogens with one attached hydrogen (secondary N) is 1. The van der Waals surface area contributed by atoms with Crippen LogP contribution in [-0.2, 0) is 14.4 Å². The predicted octanol–water partition coefficient (Wildman–Crippen LogP) is 0.801. The molecule has 0 aliphatic carbocycles. The number of carbonyl (C=O) groups excluding carboxylic acids is 3. The fourth-order valence-corrected chi connectivity index (χ4v) is 1.95. The van der Waals surface area contributed by atoms with E-state index >= 15 is 0 Å². The maximum Gasteiger partial charge on any atom is 0.241 e. The van der Waals surface area contributed by atoms with Gasteiger partial charge in [0.15, 0.2) is 0 Å². The molecule has 0 aromatic heterocycles. The fraction of sp³-hybridized carbons (Fsp3) is 0.438. The first-order chi connectivity index (χ1) is 10.3. The van der Waals surface area contributed by atoms with Crippen LogP contribution in [-0.4, -0.2) is 55.2 Å². The van der Waals surface area contributed by atoms with Crippen LogP contribution < -0.4 is 5.32 Å². The SMILES string of the molecule is CC(=O)N[C@@H](CC(=O)N(C)CC(=O)N(C)C)c1ccccc1. The molecule has 120 valence electrons. The molecule has 1 rings (SSSR count). The molecule has 0 bridgehead atoms. The standard InChI is InChI=1S/C16H23N3O3/c1-12(20)17-14(13-8-6-5-7-9-13)10-15(21)19(4)11-16(22)18(2)3/h5-9,14H,10-11H2,1-4H3,(H,17,20)/t14-/m0/s1.